The lowest BCUT2D eigenvalue weighted by Crippen LogP contribution is -2.24. The topological polar surface area (TPSA) is 98.4 Å². The Morgan fingerprint density at radius 2 is 1.77 bits per heavy atom. The van der Waals surface area contributed by atoms with Crippen molar-refractivity contribution in [1.82, 2.24) is 23.9 Å². The molecule has 0 aliphatic heterocycles. The van der Waals surface area contributed by atoms with Crippen molar-refractivity contribution in [2.45, 2.75) is 18.1 Å². The maximum Gasteiger partial charge on any atom is 0.263 e. The third-order valence-electron chi connectivity index (χ3n) is 4.58. The molecule has 4 aromatic rings. The Hall–Kier alpha value is -2.69. The molecule has 0 saturated carbocycles. The Morgan fingerprint density at radius 3 is 2.53 bits per heavy atom. The number of nitrogens with one attached hydrogen (secondary N) is 1. The van der Waals surface area contributed by atoms with Crippen molar-refractivity contribution >= 4 is 38.5 Å². The second-order valence-electron chi connectivity index (χ2n) is 6.88. The number of aromatic nitrogens is 4. The number of nitrogens with zero attached hydrogens (tertiary/aromatic N) is 4. The number of para-hydroxylation sites is 1. The average molecular weight is 444 g/mol. The molecule has 8 nitrogen and oxygen atoms in total. The first-order chi connectivity index (χ1) is 14.4. The largest absolute Gasteiger partial charge is 0.272 e. The lowest BCUT2D eigenvalue weighted by molar-refractivity contribution is 0.587. The van der Waals surface area contributed by atoms with Gasteiger partial charge in [-0.1, -0.05) is 54.2 Å². The van der Waals surface area contributed by atoms with Gasteiger partial charge in [-0.05, 0) is 24.1 Å². The van der Waals surface area contributed by atoms with Crippen molar-refractivity contribution in [3.63, 3.8) is 0 Å². The van der Waals surface area contributed by atoms with E-state index in [0.29, 0.717) is 41.6 Å². The standard InChI is InChI=1S/C20H21N5O3S2/c1-30(27,28)21-12-7-13-29-20-23-22-19-24(14-15-8-3-2-4-9-15)18(26)16-10-5-6-11-17(16)25(19)20/h2-6,8-11,21H,7,12-14H2,1H3. The van der Waals surface area contributed by atoms with Crippen LogP contribution < -0.4 is 10.3 Å². The van der Waals surface area contributed by atoms with E-state index in [1.165, 1.54) is 11.8 Å². The lowest BCUT2D eigenvalue weighted by Gasteiger charge is -2.11. The summed E-state index contributed by atoms with van der Waals surface area (Å²) in [5, 5.41) is 9.89. The lowest BCUT2D eigenvalue weighted by atomic mass is 10.2. The predicted molar refractivity (Wildman–Crippen MR) is 118 cm³/mol. The molecule has 0 unspecified atom stereocenters. The van der Waals surface area contributed by atoms with Gasteiger partial charge in [0.1, 0.15) is 0 Å². The SMILES string of the molecule is CS(=O)(=O)NCCCSc1nnc2n(Cc3ccccc3)c(=O)c3ccccc3n12. The van der Waals surface area contributed by atoms with Gasteiger partial charge in [-0.15, -0.1) is 10.2 Å². The van der Waals surface area contributed by atoms with E-state index in [1.54, 1.807) is 4.57 Å². The molecule has 0 amide bonds. The first-order valence-corrected chi connectivity index (χ1v) is 12.3. The van der Waals surface area contributed by atoms with Crippen molar-refractivity contribution in [3.8, 4) is 0 Å². The Labute approximate surface area is 178 Å². The van der Waals surface area contributed by atoms with E-state index in [1.807, 2.05) is 59.0 Å². The molecule has 156 valence electrons. The summed E-state index contributed by atoms with van der Waals surface area (Å²) in [6.45, 7) is 0.761. The Morgan fingerprint density at radius 1 is 1.03 bits per heavy atom. The number of rotatable bonds is 8. The average Bonchev–Trinajstić information content (AvgIpc) is 3.15. The molecule has 30 heavy (non-hydrogen) atoms. The van der Waals surface area contributed by atoms with Gasteiger partial charge in [0.15, 0.2) is 5.16 Å². The van der Waals surface area contributed by atoms with E-state index in [-0.39, 0.29) is 5.56 Å². The highest BCUT2D eigenvalue weighted by Crippen LogP contribution is 2.22. The molecule has 0 fully saturated rings. The minimum atomic E-state index is -3.19. The summed E-state index contributed by atoms with van der Waals surface area (Å²) in [6.07, 6.45) is 1.79. The fourth-order valence-electron chi connectivity index (χ4n) is 3.23. The molecule has 2 aromatic heterocycles. The molecule has 1 N–H and O–H groups in total. The molecule has 4 rings (SSSR count). The summed E-state index contributed by atoms with van der Waals surface area (Å²) in [5.41, 5.74) is 1.65. The number of benzene rings is 2. The van der Waals surface area contributed by atoms with Crippen LogP contribution in [0, 0.1) is 0 Å². The fourth-order valence-corrected chi connectivity index (χ4v) is 4.62. The van der Waals surface area contributed by atoms with Crippen molar-refractivity contribution in [3.05, 3.63) is 70.5 Å². The second kappa shape index (κ2) is 8.58. The molecule has 0 aliphatic carbocycles. The highest BCUT2D eigenvalue weighted by molar-refractivity contribution is 7.99. The molecular formula is C20H21N5O3S2. The van der Waals surface area contributed by atoms with Crippen LogP contribution in [0.3, 0.4) is 0 Å². The highest BCUT2D eigenvalue weighted by Gasteiger charge is 2.17. The van der Waals surface area contributed by atoms with Gasteiger partial charge in [0.05, 0.1) is 23.7 Å². The molecule has 0 spiro atoms. The zero-order chi connectivity index (χ0) is 21.1. The van der Waals surface area contributed by atoms with Gasteiger partial charge in [0, 0.05) is 12.3 Å². The Bertz CT molecular complexity index is 1350. The van der Waals surface area contributed by atoms with Crippen molar-refractivity contribution in [1.29, 1.82) is 0 Å². The van der Waals surface area contributed by atoms with Gasteiger partial charge in [-0.3, -0.25) is 13.8 Å². The van der Waals surface area contributed by atoms with Crippen LogP contribution in [0.15, 0.2) is 64.5 Å². The van der Waals surface area contributed by atoms with Crippen LogP contribution in [0.25, 0.3) is 16.7 Å². The van der Waals surface area contributed by atoms with E-state index >= 15 is 0 Å². The maximum absolute atomic E-state index is 13.2. The molecular weight excluding hydrogens is 422 g/mol. The minimum absolute atomic E-state index is 0.108. The van der Waals surface area contributed by atoms with Crippen LogP contribution in [0.1, 0.15) is 12.0 Å². The molecule has 2 aromatic carbocycles. The van der Waals surface area contributed by atoms with Crippen LogP contribution in [0.2, 0.25) is 0 Å². The van der Waals surface area contributed by atoms with Crippen molar-refractivity contribution in [2.75, 3.05) is 18.6 Å². The zero-order valence-corrected chi connectivity index (χ0v) is 18.0. The first kappa shape index (κ1) is 20.6. The Balaban J connectivity index is 1.71. The molecule has 10 heteroatoms. The van der Waals surface area contributed by atoms with Crippen LogP contribution in [-0.2, 0) is 16.6 Å². The van der Waals surface area contributed by atoms with Gasteiger partial charge in [0.2, 0.25) is 15.8 Å². The zero-order valence-electron chi connectivity index (χ0n) is 16.4. The van der Waals surface area contributed by atoms with Crippen LogP contribution >= 0.6 is 11.8 Å². The predicted octanol–water partition coefficient (Wildman–Crippen LogP) is 2.12. The van der Waals surface area contributed by atoms with E-state index in [2.05, 4.69) is 14.9 Å². The summed E-state index contributed by atoms with van der Waals surface area (Å²) >= 11 is 1.48. The number of fused-ring (bicyclic) bond motifs is 3. The minimum Gasteiger partial charge on any atom is -0.272 e. The monoisotopic (exact) mass is 443 g/mol. The van der Waals surface area contributed by atoms with Gasteiger partial charge in [0.25, 0.3) is 5.56 Å². The molecule has 0 radical (unpaired) electrons. The van der Waals surface area contributed by atoms with Crippen molar-refractivity contribution < 1.29 is 8.42 Å². The summed E-state index contributed by atoms with van der Waals surface area (Å²) in [5.74, 6) is 1.15. The number of sulfonamides is 1. The van der Waals surface area contributed by atoms with Gasteiger partial charge < -0.3 is 0 Å². The Kier molecular flexibility index (Phi) is 5.89. The van der Waals surface area contributed by atoms with E-state index in [9.17, 15) is 13.2 Å². The summed E-state index contributed by atoms with van der Waals surface area (Å²) in [4.78, 5) is 13.2. The van der Waals surface area contributed by atoms with E-state index in [0.717, 1.165) is 17.3 Å². The van der Waals surface area contributed by atoms with Crippen LogP contribution in [0.5, 0.6) is 0 Å². The fraction of sp³-hybridized carbons (Fsp3) is 0.250. The van der Waals surface area contributed by atoms with Gasteiger partial charge in [-0.2, -0.15) is 0 Å². The van der Waals surface area contributed by atoms with Crippen LogP contribution in [-0.4, -0.2) is 46.1 Å². The smallest absolute Gasteiger partial charge is 0.263 e. The van der Waals surface area contributed by atoms with Crippen LogP contribution in [0.4, 0.5) is 0 Å². The quantitative estimate of drug-likeness (QED) is 0.331. The van der Waals surface area contributed by atoms with E-state index in [4.69, 9.17) is 0 Å². The summed E-state index contributed by atoms with van der Waals surface area (Å²) in [7, 11) is -3.19. The number of hydrogen-bond acceptors (Lipinski definition) is 6. The van der Waals surface area contributed by atoms with Gasteiger partial charge >= 0.3 is 0 Å². The number of thioether (sulfide) groups is 1. The molecule has 0 aliphatic rings. The first-order valence-electron chi connectivity index (χ1n) is 9.42. The van der Waals surface area contributed by atoms with Gasteiger partial charge in [-0.25, -0.2) is 13.1 Å². The molecule has 2 heterocycles. The number of hydrogen-bond donors (Lipinski definition) is 1. The second-order valence-corrected chi connectivity index (χ2v) is 9.78. The molecule has 0 bridgehead atoms. The summed E-state index contributed by atoms with van der Waals surface area (Å²) < 4.78 is 28.4. The third kappa shape index (κ3) is 4.40. The molecule has 0 atom stereocenters. The maximum atomic E-state index is 13.2. The van der Waals surface area contributed by atoms with Crippen molar-refractivity contribution in [2.24, 2.45) is 0 Å². The molecule has 0 saturated heterocycles. The highest BCUT2D eigenvalue weighted by atomic mass is 32.2. The summed E-state index contributed by atoms with van der Waals surface area (Å²) in [6, 6.07) is 17.2. The normalized spacial score (nSPS) is 12.0. The van der Waals surface area contributed by atoms with E-state index < -0.39 is 10.0 Å². The third-order valence-corrected chi connectivity index (χ3v) is 6.32.